The molecule has 0 unspecified atom stereocenters. The van der Waals surface area contributed by atoms with E-state index < -0.39 is 11.6 Å². The van der Waals surface area contributed by atoms with Gasteiger partial charge in [-0.25, -0.2) is 0 Å². The van der Waals surface area contributed by atoms with E-state index in [-0.39, 0.29) is 11.8 Å². The standard InChI is InChI=1S/C20H31N3O4/c1-15-11-17(27-21-15)12-16-13-22(14-18(16)24)19(25)20(5-3-2-4-6-20)23-7-9-26-10-8-23/h11,16,18,24H,2-10,12-14H2,1H3/t16-,18-/m1/s1. The van der Waals surface area contributed by atoms with E-state index in [0.717, 1.165) is 50.2 Å². The summed E-state index contributed by atoms with van der Waals surface area (Å²) in [5.41, 5.74) is 0.443. The van der Waals surface area contributed by atoms with E-state index in [4.69, 9.17) is 9.26 Å². The van der Waals surface area contributed by atoms with E-state index in [1.165, 1.54) is 6.42 Å². The number of carbonyl (C=O) groups excluding carboxylic acids is 1. The van der Waals surface area contributed by atoms with Crippen LogP contribution in [0.4, 0.5) is 0 Å². The van der Waals surface area contributed by atoms with Crippen LogP contribution in [0.3, 0.4) is 0 Å². The number of morpholine rings is 1. The Bertz CT molecular complexity index is 649. The molecule has 7 heteroatoms. The zero-order valence-corrected chi connectivity index (χ0v) is 16.2. The number of aromatic nitrogens is 1. The maximum atomic E-state index is 13.7. The second-order valence-electron chi connectivity index (χ2n) is 8.37. The predicted molar refractivity (Wildman–Crippen MR) is 99.2 cm³/mol. The lowest BCUT2D eigenvalue weighted by atomic mass is 9.78. The molecule has 2 saturated heterocycles. The van der Waals surface area contributed by atoms with Crippen molar-refractivity contribution in [3.63, 3.8) is 0 Å². The molecule has 4 rings (SSSR count). The molecule has 150 valence electrons. The first-order valence-electron chi connectivity index (χ1n) is 10.3. The van der Waals surface area contributed by atoms with Crippen molar-refractivity contribution in [1.82, 2.24) is 15.0 Å². The van der Waals surface area contributed by atoms with Gasteiger partial charge in [0, 0.05) is 44.6 Å². The molecule has 3 aliphatic rings. The molecule has 27 heavy (non-hydrogen) atoms. The van der Waals surface area contributed by atoms with E-state index in [9.17, 15) is 9.90 Å². The monoisotopic (exact) mass is 377 g/mol. The lowest BCUT2D eigenvalue weighted by Gasteiger charge is -2.48. The topological polar surface area (TPSA) is 79.0 Å². The second kappa shape index (κ2) is 7.89. The van der Waals surface area contributed by atoms with Crippen LogP contribution in [0, 0.1) is 12.8 Å². The van der Waals surface area contributed by atoms with Crippen LogP contribution in [0.15, 0.2) is 10.6 Å². The van der Waals surface area contributed by atoms with Crippen LogP contribution in [-0.2, 0) is 16.0 Å². The van der Waals surface area contributed by atoms with Gasteiger partial charge in [-0.2, -0.15) is 0 Å². The van der Waals surface area contributed by atoms with Gasteiger partial charge in [0.05, 0.1) is 25.0 Å². The van der Waals surface area contributed by atoms with Gasteiger partial charge in [-0.1, -0.05) is 24.4 Å². The molecule has 7 nitrogen and oxygen atoms in total. The molecule has 0 bridgehead atoms. The molecule has 1 aromatic rings. The predicted octanol–water partition coefficient (Wildman–Crippen LogP) is 1.38. The molecule has 2 aliphatic heterocycles. The van der Waals surface area contributed by atoms with Crippen molar-refractivity contribution in [2.75, 3.05) is 39.4 Å². The lowest BCUT2D eigenvalue weighted by molar-refractivity contribution is -0.150. The number of aliphatic hydroxyl groups is 1. The SMILES string of the molecule is Cc1cc(C[C@@H]2CN(C(=O)C3(N4CCOCC4)CCCCC3)C[C@H]2O)on1. The highest BCUT2D eigenvalue weighted by molar-refractivity contribution is 5.87. The van der Waals surface area contributed by atoms with Crippen LogP contribution in [0.5, 0.6) is 0 Å². The highest BCUT2D eigenvalue weighted by atomic mass is 16.5. The van der Waals surface area contributed by atoms with Gasteiger partial charge in [-0.15, -0.1) is 0 Å². The number of β-amino-alcohol motifs (C(OH)–C–C–N with tert-alkyl or cyclic N) is 1. The number of likely N-dealkylation sites (tertiary alicyclic amines) is 1. The van der Waals surface area contributed by atoms with Crippen molar-refractivity contribution in [2.24, 2.45) is 5.92 Å². The fourth-order valence-electron chi connectivity index (χ4n) is 5.08. The van der Waals surface area contributed by atoms with Crippen molar-refractivity contribution in [2.45, 2.75) is 57.1 Å². The molecular formula is C20H31N3O4. The summed E-state index contributed by atoms with van der Waals surface area (Å²) in [5, 5.41) is 14.5. The van der Waals surface area contributed by atoms with Crippen LogP contribution in [0.1, 0.15) is 43.6 Å². The van der Waals surface area contributed by atoms with Crippen LogP contribution in [0.25, 0.3) is 0 Å². The third-order valence-electron chi connectivity index (χ3n) is 6.53. The van der Waals surface area contributed by atoms with Crippen LogP contribution in [0.2, 0.25) is 0 Å². The average molecular weight is 377 g/mol. The van der Waals surface area contributed by atoms with Gasteiger partial charge >= 0.3 is 0 Å². The number of hydrogen-bond acceptors (Lipinski definition) is 6. The van der Waals surface area contributed by atoms with E-state index in [2.05, 4.69) is 10.1 Å². The minimum atomic E-state index is -0.510. The van der Waals surface area contributed by atoms with Gasteiger partial charge in [-0.05, 0) is 19.8 Å². The zero-order valence-electron chi connectivity index (χ0n) is 16.2. The number of carbonyl (C=O) groups is 1. The first-order valence-corrected chi connectivity index (χ1v) is 10.3. The fraction of sp³-hybridized carbons (Fsp3) is 0.800. The molecule has 2 atom stereocenters. The Kier molecular flexibility index (Phi) is 5.53. The molecule has 0 aromatic carbocycles. The minimum Gasteiger partial charge on any atom is -0.391 e. The van der Waals surface area contributed by atoms with E-state index >= 15 is 0 Å². The third-order valence-corrected chi connectivity index (χ3v) is 6.53. The molecule has 3 heterocycles. The third kappa shape index (κ3) is 3.77. The Morgan fingerprint density at radius 3 is 2.67 bits per heavy atom. The van der Waals surface area contributed by atoms with Gasteiger partial charge in [0.25, 0.3) is 0 Å². The Balaban J connectivity index is 1.48. The van der Waals surface area contributed by atoms with Crippen LogP contribution >= 0.6 is 0 Å². The minimum absolute atomic E-state index is 0.00614. The highest BCUT2D eigenvalue weighted by Crippen LogP contribution is 2.37. The molecule has 1 amide bonds. The Hall–Kier alpha value is -1.44. The normalized spacial score (nSPS) is 29.2. The van der Waals surface area contributed by atoms with Gasteiger partial charge in [0.2, 0.25) is 5.91 Å². The molecule has 0 radical (unpaired) electrons. The quantitative estimate of drug-likeness (QED) is 0.854. The number of aliphatic hydroxyl groups excluding tert-OH is 1. The molecule has 0 spiro atoms. The molecule has 1 saturated carbocycles. The summed E-state index contributed by atoms with van der Waals surface area (Å²) >= 11 is 0. The number of ether oxygens (including phenoxy) is 1. The molecule has 3 fully saturated rings. The Morgan fingerprint density at radius 1 is 1.26 bits per heavy atom. The first kappa shape index (κ1) is 18.9. The Labute approximate surface area is 160 Å². The summed E-state index contributed by atoms with van der Waals surface area (Å²) in [6.07, 6.45) is 5.35. The number of rotatable bonds is 4. The van der Waals surface area contributed by atoms with Crippen molar-refractivity contribution < 1.29 is 19.2 Å². The zero-order chi connectivity index (χ0) is 18.9. The number of aryl methyl sites for hydroxylation is 1. The smallest absolute Gasteiger partial charge is 0.243 e. The summed E-state index contributed by atoms with van der Waals surface area (Å²) in [5.74, 6) is 0.998. The van der Waals surface area contributed by atoms with Crippen molar-refractivity contribution in [3.8, 4) is 0 Å². The second-order valence-corrected chi connectivity index (χ2v) is 8.37. The van der Waals surface area contributed by atoms with E-state index in [1.807, 2.05) is 17.9 Å². The number of hydrogen-bond donors (Lipinski definition) is 1. The summed E-state index contributed by atoms with van der Waals surface area (Å²) in [7, 11) is 0. The molecule has 1 N–H and O–H groups in total. The summed E-state index contributed by atoms with van der Waals surface area (Å²) < 4.78 is 10.8. The molecular weight excluding hydrogens is 346 g/mol. The highest BCUT2D eigenvalue weighted by Gasteiger charge is 2.49. The summed E-state index contributed by atoms with van der Waals surface area (Å²) in [6.45, 7) is 5.94. The first-order chi connectivity index (χ1) is 13.1. The molecule has 1 aliphatic carbocycles. The van der Waals surface area contributed by atoms with Gasteiger partial charge in [0.1, 0.15) is 11.3 Å². The maximum absolute atomic E-state index is 13.7. The van der Waals surface area contributed by atoms with Gasteiger partial charge < -0.3 is 19.3 Å². The number of nitrogens with zero attached hydrogens (tertiary/aromatic N) is 3. The van der Waals surface area contributed by atoms with Crippen molar-refractivity contribution >= 4 is 5.91 Å². The fourth-order valence-corrected chi connectivity index (χ4v) is 5.08. The van der Waals surface area contributed by atoms with Crippen molar-refractivity contribution in [3.05, 3.63) is 17.5 Å². The van der Waals surface area contributed by atoms with Gasteiger partial charge in [-0.3, -0.25) is 9.69 Å². The summed E-state index contributed by atoms with van der Waals surface area (Å²) in [6, 6.07) is 1.91. The summed E-state index contributed by atoms with van der Waals surface area (Å²) in [4.78, 5) is 17.9. The molecule has 1 aromatic heterocycles. The van der Waals surface area contributed by atoms with E-state index in [1.54, 1.807) is 0 Å². The largest absolute Gasteiger partial charge is 0.391 e. The lowest BCUT2D eigenvalue weighted by Crippen LogP contribution is -2.62. The van der Waals surface area contributed by atoms with Crippen LogP contribution in [-0.4, -0.2) is 77.0 Å². The average Bonchev–Trinajstić information content (AvgIpc) is 3.28. The Morgan fingerprint density at radius 2 is 2.00 bits per heavy atom. The van der Waals surface area contributed by atoms with Gasteiger partial charge in [0.15, 0.2) is 0 Å². The van der Waals surface area contributed by atoms with E-state index in [0.29, 0.717) is 32.7 Å². The van der Waals surface area contributed by atoms with Crippen molar-refractivity contribution in [1.29, 1.82) is 0 Å². The van der Waals surface area contributed by atoms with Crippen LogP contribution < -0.4 is 0 Å². The number of amides is 1. The maximum Gasteiger partial charge on any atom is 0.243 e.